The molecule has 1 aromatic heterocycles. The van der Waals surface area contributed by atoms with Crippen LogP contribution in [0.25, 0.3) is 11.8 Å². The third-order valence-corrected chi connectivity index (χ3v) is 4.92. The second-order valence-corrected chi connectivity index (χ2v) is 6.59. The van der Waals surface area contributed by atoms with Crippen LogP contribution in [0.15, 0.2) is 30.1 Å². The number of rotatable bonds is 1. The number of carbonyl (C=O) groups is 2. The lowest BCUT2D eigenvalue weighted by Gasteiger charge is -2.24. The van der Waals surface area contributed by atoms with Gasteiger partial charge in [-0.2, -0.15) is 0 Å². The fraction of sp³-hybridized carbons (Fsp3) is 0.316. The molecule has 1 aromatic carbocycles. The van der Waals surface area contributed by atoms with Crippen molar-refractivity contribution in [3.63, 3.8) is 0 Å². The number of fused-ring (bicyclic) bond motifs is 3. The predicted molar refractivity (Wildman–Crippen MR) is 92.7 cm³/mol. The Morgan fingerprint density at radius 1 is 1.28 bits per heavy atom. The van der Waals surface area contributed by atoms with E-state index in [0.29, 0.717) is 18.4 Å². The Hall–Kier alpha value is -2.89. The molecule has 2 aliphatic rings. The fourth-order valence-electron chi connectivity index (χ4n) is 3.62. The first-order valence-electron chi connectivity index (χ1n) is 8.46. The van der Waals surface area contributed by atoms with Crippen molar-refractivity contribution in [3.8, 4) is 5.69 Å². The second-order valence-electron chi connectivity index (χ2n) is 6.59. The predicted octanol–water partition coefficient (Wildman–Crippen LogP) is 2.96. The number of carboxylic acid groups (broad SMARTS) is 1. The zero-order valence-electron chi connectivity index (χ0n) is 14.0. The van der Waals surface area contributed by atoms with Gasteiger partial charge in [0.1, 0.15) is 6.33 Å². The standard InChI is InChI=1S/C19H19N3O3/c1-12-4-5-13-6-7-16-15(20-11-22(16)17(13)9-12)10-14-3-2-8-21(18(14)23)19(24)25/h4-5,9-11H,2-3,6-8H2,1H3,(H,24,25)/b14-10+. The van der Waals surface area contributed by atoms with E-state index in [1.54, 1.807) is 12.4 Å². The van der Waals surface area contributed by atoms with Gasteiger partial charge in [0.2, 0.25) is 0 Å². The van der Waals surface area contributed by atoms with Crippen molar-refractivity contribution in [2.75, 3.05) is 6.54 Å². The highest BCUT2D eigenvalue weighted by Gasteiger charge is 2.28. The molecular weight excluding hydrogens is 318 g/mol. The molecule has 0 radical (unpaired) electrons. The number of nitrogens with zero attached hydrogens (tertiary/aromatic N) is 3. The molecule has 0 unspecified atom stereocenters. The SMILES string of the molecule is Cc1ccc2c(c1)-n1cnc(/C=C3\CCCN(C(=O)O)C3=O)c1CC2. The number of imide groups is 1. The molecule has 0 atom stereocenters. The normalized spacial score (nSPS) is 18.2. The molecule has 25 heavy (non-hydrogen) atoms. The van der Waals surface area contributed by atoms with Gasteiger partial charge in [0.15, 0.2) is 0 Å². The highest BCUT2D eigenvalue weighted by atomic mass is 16.4. The van der Waals surface area contributed by atoms with Crippen LogP contribution in [-0.4, -0.2) is 38.1 Å². The summed E-state index contributed by atoms with van der Waals surface area (Å²) in [6, 6.07) is 6.42. The van der Waals surface area contributed by atoms with Gasteiger partial charge in [-0.05, 0) is 55.9 Å². The highest BCUT2D eigenvalue weighted by molar-refractivity contribution is 6.05. The van der Waals surface area contributed by atoms with Gasteiger partial charge in [-0.3, -0.25) is 4.79 Å². The van der Waals surface area contributed by atoms with Crippen LogP contribution in [0.5, 0.6) is 0 Å². The van der Waals surface area contributed by atoms with Crippen LogP contribution in [0, 0.1) is 6.92 Å². The Morgan fingerprint density at radius 3 is 2.92 bits per heavy atom. The molecule has 0 aliphatic carbocycles. The molecular formula is C19H19N3O3. The van der Waals surface area contributed by atoms with E-state index in [4.69, 9.17) is 5.11 Å². The number of piperidine rings is 1. The smallest absolute Gasteiger partial charge is 0.414 e. The number of carbonyl (C=O) groups excluding carboxylic acids is 1. The number of hydrogen-bond donors (Lipinski definition) is 1. The van der Waals surface area contributed by atoms with Crippen molar-refractivity contribution >= 4 is 18.1 Å². The minimum atomic E-state index is -1.19. The van der Waals surface area contributed by atoms with Crippen molar-refractivity contribution < 1.29 is 14.7 Å². The summed E-state index contributed by atoms with van der Waals surface area (Å²) in [6.45, 7) is 2.33. The maximum atomic E-state index is 12.3. The van der Waals surface area contributed by atoms with Crippen LogP contribution >= 0.6 is 0 Å². The third-order valence-electron chi connectivity index (χ3n) is 4.92. The van der Waals surface area contributed by atoms with Crippen molar-refractivity contribution in [1.29, 1.82) is 0 Å². The molecule has 2 aliphatic heterocycles. The minimum Gasteiger partial charge on any atom is -0.465 e. The Balaban J connectivity index is 1.72. The monoisotopic (exact) mass is 337 g/mol. The number of aromatic nitrogens is 2. The van der Waals surface area contributed by atoms with E-state index in [1.165, 1.54) is 11.1 Å². The first-order valence-corrected chi connectivity index (χ1v) is 8.46. The van der Waals surface area contributed by atoms with Gasteiger partial charge in [-0.25, -0.2) is 14.7 Å². The average Bonchev–Trinajstić information content (AvgIpc) is 3.00. The van der Waals surface area contributed by atoms with E-state index in [1.807, 2.05) is 0 Å². The van der Waals surface area contributed by atoms with Gasteiger partial charge >= 0.3 is 6.09 Å². The Kier molecular flexibility index (Phi) is 3.67. The number of amides is 2. The zero-order chi connectivity index (χ0) is 17.6. The zero-order valence-corrected chi connectivity index (χ0v) is 14.0. The van der Waals surface area contributed by atoms with E-state index in [2.05, 4.69) is 34.7 Å². The van der Waals surface area contributed by atoms with Gasteiger partial charge in [0, 0.05) is 12.1 Å². The number of benzene rings is 1. The lowest BCUT2D eigenvalue weighted by atomic mass is 9.97. The first-order chi connectivity index (χ1) is 12.0. The van der Waals surface area contributed by atoms with Gasteiger partial charge in [0.25, 0.3) is 5.91 Å². The van der Waals surface area contributed by atoms with Crippen molar-refractivity contribution in [3.05, 3.63) is 52.6 Å². The molecule has 1 fully saturated rings. The molecule has 2 amide bonds. The average molecular weight is 337 g/mol. The molecule has 6 nitrogen and oxygen atoms in total. The molecule has 6 heteroatoms. The van der Waals surface area contributed by atoms with E-state index in [0.717, 1.165) is 34.8 Å². The maximum Gasteiger partial charge on any atom is 0.414 e. The van der Waals surface area contributed by atoms with E-state index in [9.17, 15) is 9.59 Å². The molecule has 4 rings (SSSR count). The molecule has 128 valence electrons. The fourth-order valence-corrected chi connectivity index (χ4v) is 3.62. The third kappa shape index (κ3) is 2.63. The summed E-state index contributed by atoms with van der Waals surface area (Å²) in [5.74, 6) is -0.424. The summed E-state index contributed by atoms with van der Waals surface area (Å²) in [5.41, 5.74) is 5.99. The molecule has 0 saturated carbocycles. The summed E-state index contributed by atoms with van der Waals surface area (Å²) < 4.78 is 2.08. The van der Waals surface area contributed by atoms with Crippen molar-refractivity contribution in [1.82, 2.24) is 14.5 Å². The number of aryl methyl sites for hydroxylation is 2. The quantitative estimate of drug-likeness (QED) is 0.812. The largest absolute Gasteiger partial charge is 0.465 e. The summed E-state index contributed by atoms with van der Waals surface area (Å²) in [6.07, 6.45) is 5.41. The molecule has 1 saturated heterocycles. The van der Waals surface area contributed by atoms with Crippen molar-refractivity contribution in [2.24, 2.45) is 0 Å². The van der Waals surface area contributed by atoms with Crippen LogP contribution in [0.2, 0.25) is 0 Å². The van der Waals surface area contributed by atoms with Crippen LogP contribution < -0.4 is 0 Å². The summed E-state index contributed by atoms with van der Waals surface area (Å²) in [5, 5.41) is 9.14. The van der Waals surface area contributed by atoms with Crippen LogP contribution in [0.4, 0.5) is 4.79 Å². The second kappa shape index (κ2) is 5.88. The number of hydrogen-bond acceptors (Lipinski definition) is 3. The molecule has 2 aromatic rings. The van der Waals surface area contributed by atoms with Crippen LogP contribution in [0.1, 0.15) is 35.4 Å². The van der Waals surface area contributed by atoms with Gasteiger partial charge in [-0.15, -0.1) is 0 Å². The minimum absolute atomic E-state index is 0.263. The van der Waals surface area contributed by atoms with Gasteiger partial charge in [0.05, 0.1) is 17.1 Å². The topological polar surface area (TPSA) is 75.4 Å². The number of imidazole rings is 1. The highest BCUT2D eigenvalue weighted by Crippen LogP contribution is 2.29. The Morgan fingerprint density at radius 2 is 2.12 bits per heavy atom. The molecule has 0 bridgehead atoms. The lowest BCUT2D eigenvalue weighted by molar-refractivity contribution is -0.126. The summed E-state index contributed by atoms with van der Waals surface area (Å²) in [4.78, 5) is 28.9. The van der Waals surface area contributed by atoms with Crippen molar-refractivity contribution in [2.45, 2.75) is 32.6 Å². The first kappa shape index (κ1) is 15.6. The molecule has 1 N–H and O–H groups in total. The van der Waals surface area contributed by atoms with Crippen LogP contribution in [-0.2, 0) is 17.6 Å². The van der Waals surface area contributed by atoms with E-state index in [-0.39, 0.29) is 6.54 Å². The molecule has 3 heterocycles. The van der Waals surface area contributed by atoms with E-state index >= 15 is 0 Å². The van der Waals surface area contributed by atoms with E-state index < -0.39 is 12.0 Å². The van der Waals surface area contributed by atoms with Crippen LogP contribution in [0.3, 0.4) is 0 Å². The molecule has 0 spiro atoms. The van der Waals surface area contributed by atoms with Gasteiger partial charge < -0.3 is 9.67 Å². The summed E-state index contributed by atoms with van der Waals surface area (Å²) >= 11 is 0. The maximum absolute atomic E-state index is 12.3. The Bertz CT molecular complexity index is 911. The summed E-state index contributed by atoms with van der Waals surface area (Å²) in [7, 11) is 0. The van der Waals surface area contributed by atoms with Gasteiger partial charge in [-0.1, -0.05) is 12.1 Å². The number of likely N-dealkylation sites (tertiary alicyclic amines) is 1. The Labute approximate surface area is 145 Å². The lowest BCUT2D eigenvalue weighted by Crippen LogP contribution is -2.40.